The molecule has 2 aromatic carbocycles. The molecule has 0 fully saturated rings. The molecule has 26 heavy (non-hydrogen) atoms. The van der Waals surface area contributed by atoms with Crippen molar-refractivity contribution in [3.05, 3.63) is 46.6 Å². The Labute approximate surface area is 156 Å². The maximum atomic E-state index is 12.8. The van der Waals surface area contributed by atoms with Crippen molar-refractivity contribution in [2.24, 2.45) is 0 Å². The minimum absolute atomic E-state index is 0.0970. The van der Waals surface area contributed by atoms with Gasteiger partial charge in [-0.2, -0.15) is 0 Å². The van der Waals surface area contributed by atoms with Gasteiger partial charge in [0.05, 0.1) is 31.4 Å². The lowest BCUT2D eigenvalue weighted by molar-refractivity contribution is -0.117. The predicted molar refractivity (Wildman–Crippen MR) is 100 cm³/mol. The predicted octanol–water partition coefficient (Wildman–Crippen LogP) is 4.01. The van der Waals surface area contributed by atoms with Gasteiger partial charge in [-0.25, -0.2) is 0 Å². The van der Waals surface area contributed by atoms with Crippen molar-refractivity contribution < 1.29 is 18.8 Å². The molecule has 0 saturated carbocycles. The van der Waals surface area contributed by atoms with Gasteiger partial charge in [0.15, 0.2) is 5.58 Å². The highest BCUT2D eigenvalue weighted by molar-refractivity contribution is 6.32. The molecule has 0 aliphatic rings. The summed E-state index contributed by atoms with van der Waals surface area (Å²) in [5.41, 5.74) is 2.88. The lowest BCUT2D eigenvalue weighted by Gasteiger charge is -2.21. The third-order valence-electron chi connectivity index (χ3n) is 4.21. The van der Waals surface area contributed by atoms with Crippen LogP contribution in [-0.4, -0.2) is 32.3 Å². The van der Waals surface area contributed by atoms with Gasteiger partial charge < -0.3 is 18.9 Å². The van der Waals surface area contributed by atoms with Gasteiger partial charge in [-0.05, 0) is 25.1 Å². The molecule has 7 heteroatoms. The minimum Gasteiger partial charge on any atom is -0.495 e. The smallest absolute Gasteiger partial charge is 0.233 e. The normalized spacial score (nSPS) is 10.8. The number of likely N-dealkylation sites (N-methyl/N-ethyl adjacent to an activating group) is 1. The number of ether oxygens (including phenoxy) is 2. The van der Waals surface area contributed by atoms with Crippen molar-refractivity contribution >= 4 is 34.2 Å². The third-order valence-corrected chi connectivity index (χ3v) is 4.50. The first kappa shape index (κ1) is 18.1. The number of aromatic nitrogens is 1. The number of fused-ring (bicyclic) bond motifs is 1. The van der Waals surface area contributed by atoms with E-state index in [2.05, 4.69) is 5.16 Å². The second kappa shape index (κ2) is 7.25. The van der Waals surface area contributed by atoms with E-state index in [1.807, 2.05) is 25.1 Å². The quantitative estimate of drug-likeness (QED) is 0.675. The Bertz CT molecular complexity index is 968. The molecule has 0 bridgehead atoms. The van der Waals surface area contributed by atoms with Crippen LogP contribution in [0, 0.1) is 6.92 Å². The van der Waals surface area contributed by atoms with Gasteiger partial charge >= 0.3 is 0 Å². The first-order valence-electron chi connectivity index (χ1n) is 7.97. The molecule has 1 amide bonds. The van der Waals surface area contributed by atoms with E-state index in [9.17, 15) is 4.79 Å². The summed E-state index contributed by atoms with van der Waals surface area (Å²) in [6.07, 6.45) is 0.0970. The van der Waals surface area contributed by atoms with Crippen LogP contribution >= 0.6 is 11.6 Å². The van der Waals surface area contributed by atoms with Gasteiger partial charge in [0.1, 0.15) is 17.2 Å². The molecule has 0 aliphatic carbocycles. The lowest BCUT2D eigenvalue weighted by Crippen LogP contribution is -2.28. The van der Waals surface area contributed by atoms with Crippen LogP contribution in [0.15, 0.2) is 34.9 Å². The zero-order valence-corrected chi connectivity index (χ0v) is 15.8. The van der Waals surface area contributed by atoms with Gasteiger partial charge in [-0.1, -0.05) is 28.4 Å². The number of amides is 1. The zero-order valence-electron chi connectivity index (χ0n) is 15.0. The Morgan fingerprint density at radius 2 is 1.92 bits per heavy atom. The molecular formula is C19H19ClN2O4. The Hall–Kier alpha value is -2.73. The average molecular weight is 375 g/mol. The maximum absolute atomic E-state index is 12.8. The molecule has 1 heterocycles. The molecule has 0 unspecified atom stereocenters. The van der Waals surface area contributed by atoms with Crippen LogP contribution in [0.2, 0.25) is 5.02 Å². The number of rotatable bonds is 5. The number of aryl methyl sites for hydroxylation is 1. The van der Waals surface area contributed by atoms with E-state index >= 15 is 0 Å². The highest BCUT2D eigenvalue weighted by atomic mass is 35.5. The first-order chi connectivity index (χ1) is 12.4. The molecule has 0 aliphatic heterocycles. The fourth-order valence-corrected chi connectivity index (χ4v) is 2.97. The Balaban J connectivity index is 1.90. The van der Waals surface area contributed by atoms with Crippen LogP contribution in [-0.2, 0) is 11.2 Å². The van der Waals surface area contributed by atoms with Gasteiger partial charge in [-0.3, -0.25) is 4.79 Å². The van der Waals surface area contributed by atoms with Crippen LogP contribution < -0.4 is 14.4 Å². The first-order valence-corrected chi connectivity index (χ1v) is 8.35. The summed E-state index contributed by atoms with van der Waals surface area (Å²) in [6.45, 7) is 1.98. The van der Waals surface area contributed by atoms with Crippen molar-refractivity contribution in [2.45, 2.75) is 13.3 Å². The molecule has 0 spiro atoms. The summed E-state index contributed by atoms with van der Waals surface area (Å²) >= 11 is 6.20. The Morgan fingerprint density at radius 3 is 2.62 bits per heavy atom. The van der Waals surface area contributed by atoms with Crippen molar-refractivity contribution in [1.29, 1.82) is 0 Å². The van der Waals surface area contributed by atoms with Gasteiger partial charge in [0, 0.05) is 18.5 Å². The lowest BCUT2D eigenvalue weighted by atomic mass is 10.1. The molecule has 1 aromatic heterocycles. The second-order valence-corrected chi connectivity index (χ2v) is 6.32. The number of hydrogen-bond donors (Lipinski definition) is 0. The van der Waals surface area contributed by atoms with E-state index in [-0.39, 0.29) is 12.3 Å². The number of nitrogens with zero attached hydrogens (tertiary/aromatic N) is 2. The summed E-state index contributed by atoms with van der Waals surface area (Å²) in [6, 6.07) is 9.04. The van der Waals surface area contributed by atoms with Crippen molar-refractivity contribution in [3.63, 3.8) is 0 Å². The van der Waals surface area contributed by atoms with Crippen molar-refractivity contribution in [2.75, 3.05) is 26.2 Å². The largest absolute Gasteiger partial charge is 0.495 e. The number of methoxy groups -OCH3 is 2. The molecule has 6 nitrogen and oxygen atoms in total. The van der Waals surface area contributed by atoms with Crippen molar-refractivity contribution in [3.8, 4) is 11.5 Å². The van der Waals surface area contributed by atoms with E-state index < -0.39 is 0 Å². The average Bonchev–Trinajstić information content (AvgIpc) is 3.02. The highest BCUT2D eigenvalue weighted by Gasteiger charge is 2.21. The van der Waals surface area contributed by atoms with E-state index in [0.717, 1.165) is 10.9 Å². The Kier molecular flexibility index (Phi) is 5.04. The topological polar surface area (TPSA) is 64.8 Å². The summed E-state index contributed by atoms with van der Waals surface area (Å²) in [7, 11) is 4.71. The standard InChI is InChI=1S/C19H19ClN2O4/c1-11-5-6-16-12(7-11)14(21-26-16)9-19(23)22(2)15-8-13(20)17(24-3)10-18(15)25-4/h5-8,10H,9H2,1-4H3. The SMILES string of the molecule is COc1cc(OC)c(N(C)C(=O)Cc2noc3ccc(C)cc23)cc1Cl. The molecule has 3 rings (SSSR count). The second-order valence-electron chi connectivity index (χ2n) is 5.92. The summed E-state index contributed by atoms with van der Waals surface area (Å²) in [5.74, 6) is 0.801. The molecular weight excluding hydrogens is 356 g/mol. The van der Waals surface area contributed by atoms with E-state index in [0.29, 0.717) is 33.5 Å². The molecule has 0 saturated heterocycles. The highest BCUT2D eigenvalue weighted by Crippen LogP contribution is 2.37. The number of benzene rings is 2. The molecule has 136 valence electrons. The number of hydrogen-bond acceptors (Lipinski definition) is 5. The number of carbonyl (C=O) groups excluding carboxylic acids is 1. The molecule has 0 N–H and O–H groups in total. The van der Waals surface area contributed by atoms with E-state index in [1.54, 1.807) is 19.2 Å². The van der Waals surface area contributed by atoms with Crippen molar-refractivity contribution in [1.82, 2.24) is 5.16 Å². The number of halogens is 1. The fraction of sp³-hybridized carbons (Fsp3) is 0.263. The maximum Gasteiger partial charge on any atom is 0.233 e. The number of carbonyl (C=O) groups is 1. The number of anilines is 1. The zero-order chi connectivity index (χ0) is 18.8. The summed E-state index contributed by atoms with van der Waals surface area (Å²) in [4.78, 5) is 14.3. The molecule has 0 radical (unpaired) electrons. The monoisotopic (exact) mass is 374 g/mol. The Morgan fingerprint density at radius 1 is 1.19 bits per heavy atom. The van der Waals surface area contributed by atoms with E-state index in [1.165, 1.54) is 19.1 Å². The van der Waals surface area contributed by atoms with Crippen LogP contribution in [0.25, 0.3) is 11.0 Å². The van der Waals surface area contributed by atoms with Crippen LogP contribution in [0.1, 0.15) is 11.3 Å². The minimum atomic E-state index is -0.166. The molecule has 0 atom stereocenters. The van der Waals surface area contributed by atoms with E-state index in [4.69, 9.17) is 25.6 Å². The fourth-order valence-electron chi connectivity index (χ4n) is 2.73. The van der Waals surface area contributed by atoms with Crippen LogP contribution in [0.3, 0.4) is 0 Å². The third kappa shape index (κ3) is 3.32. The molecule has 3 aromatic rings. The van der Waals surface area contributed by atoms with Gasteiger partial charge in [0.25, 0.3) is 0 Å². The van der Waals surface area contributed by atoms with Gasteiger partial charge in [-0.15, -0.1) is 0 Å². The van der Waals surface area contributed by atoms with Crippen LogP contribution in [0.4, 0.5) is 5.69 Å². The van der Waals surface area contributed by atoms with Crippen LogP contribution in [0.5, 0.6) is 11.5 Å². The van der Waals surface area contributed by atoms with Gasteiger partial charge in [0.2, 0.25) is 5.91 Å². The summed E-state index contributed by atoms with van der Waals surface area (Å²) in [5, 5.41) is 5.27. The summed E-state index contributed by atoms with van der Waals surface area (Å²) < 4.78 is 15.9.